The fourth-order valence-electron chi connectivity index (χ4n) is 1.32. The lowest BCUT2D eigenvalue weighted by Crippen LogP contribution is -2.22. The molecule has 1 aromatic rings. The van der Waals surface area contributed by atoms with Crippen molar-refractivity contribution in [1.29, 1.82) is 0 Å². The first-order chi connectivity index (χ1) is 8.91. The van der Waals surface area contributed by atoms with Crippen LogP contribution in [0.3, 0.4) is 0 Å². The molecule has 1 aromatic carbocycles. The molecule has 6 heteroatoms. The SMILES string of the molecule is CC/C(=C/F)COc1cccc(S(=O)(=O)N(C)C)c1. The lowest BCUT2D eigenvalue weighted by molar-refractivity contribution is 0.344. The summed E-state index contributed by atoms with van der Waals surface area (Å²) < 4.78 is 42.8. The predicted molar refractivity (Wildman–Crippen MR) is 72.3 cm³/mol. The summed E-state index contributed by atoms with van der Waals surface area (Å²) >= 11 is 0. The molecule has 0 saturated carbocycles. The molecule has 0 radical (unpaired) electrons. The average Bonchev–Trinajstić information content (AvgIpc) is 2.40. The predicted octanol–water partition coefficient (Wildman–Crippen LogP) is 2.58. The van der Waals surface area contributed by atoms with Crippen LogP contribution in [0.15, 0.2) is 41.1 Å². The zero-order valence-electron chi connectivity index (χ0n) is 11.3. The molecule has 0 atom stereocenters. The summed E-state index contributed by atoms with van der Waals surface area (Å²) in [6.07, 6.45) is 1.06. The Morgan fingerprint density at radius 3 is 2.63 bits per heavy atom. The highest BCUT2D eigenvalue weighted by atomic mass is 32.2. The molecule has 0 bridgehead atoms. The van der Waals surface area contributed by atoms with Crippen molar-refractivity contribution in [3.05, 3.63) is 36.2 Å². The number of halogens is 1. The van der Waals surface area contributed by atoms with Crippen LogP contribution in [0.4, 0.5) is 4.39 Å². The van der Waals surface area contributed by atoms with E-state index in [4.69, 9.17) is 4.74 Å². The van der Waals surface area contributed by atoms with Crippen LogP contribution in [0, 0.1) is 0 Å². The van der Waals surface area contributed by atoms with Crippen LogP contribution in [0.5, 0.6) is 5.75 Å². The summed E-state index contributed by atoms with van der Waals surface area (Å²) in [7, 11) is -0.560. The Balaban J connectivity index is 2.90. The molecule has 0 fully saturated rings. The number of sulfonamides is 1. The van der Waals surface area contributed by atoms with Crippen molar-refractivity contribution in [2.24, 2.45) is 0 Å². The lowest BCUT2D eigenvalue weighted by atomic mass is 10.2. The van der Waals surface area contributed by atoms with Crippen LogP contribution >= 0.6 is 0 Å². The van der Waals surface area contributed by atoms with Crippen LogP contribution in [-0.4, -0.2) is 33.4 Å². The topological polar surface area (TPSA) is 46.6 Å². The maximum atomic E-state index is 12.4. The van der Waals surface area contributed by atoms with Crippen molar-refractivity contribution < 1.29 is 17.5 Å². The Bertz CT molecular complexity index is 553. The van der Waals surface area contributed by atoms with Gasteiger partial charge in [-0.05, 0) is 24.1 Å². The van der Waals surface area contributed by atoms with Gasteiger partial charge in [-0.3, -0.25) is 0 Å². The molecule has 1 rings (SSSR count). The van der Waals surface area contributed by atoms with E-state index < -0.39 is 10.0 Å². The van der Waals surface area contributed by atoms with Crippen molar-refractivity contribution >= 4 is 10.0 Å². The van der Waals surface area contributed by atoms with Gasteiger partial charge in [-0.25, -0.2) is 17.1 Å². The molecule has 0 aliphatic rings. The van der Waals surface area contributed by atoms with E-state index >= 15 is 0 Å². The maximum absolute atomic E-state index is 12.4. The molecule has 19 heavy (non-hydrogen) atoms. The zero-order chi connectivity index (χ0) is 14.5. The fraction of sp³-hybridized carbons (Fsp3) is 0.385. The summed E-state index contributed by atoms with van der Waals surface area (Å²) in [4.78, 5) is 0.150. The number of ether oxygens (including phenoxy) is 1. The zero-order valence-corrected chi connectivity index (χ0v) is 12.1. The van der Waals surface area contributed by atoms with E-state index in [2.05, 4.69) is 0 Å². The summed E-state index contributed by atoms with van der Waals surface area (Å²) in [5, 5.41) is 0. The first-order valence-electron chi connectivity index (χ1n) is 5.85. The second-order valence-corrected chi connectivity index (χ2v) is 6.32. The second-order valence-electron chi connectivity index (χ2n) is 4.17. The largest absolute Gasteiger partial charge is 0.489 e. The molecule has 0 spiro atoms. The van der Waals surface area contributed by atoms with Gasteiger partial charge in [-0.15, -0.1) is 0 Å². The van der Waals surface area contributed by atoms with Crippen LogP contribution < -0.4 is 4.74 Å². The highest BCUT2D eigenvalue weighted by Gasteiger charge is 2.17. The van der Waals surface area contributed by atoms with Gasteiger partial charge in [0.05, 0.1) is 11.2 Å². The molecule has 0 unspecified atom stereocenters. The number of hydrogen-bond acceptors (Lipinski definition) is 3. The number of hydrogen-bond donors (Lipinski definition) is 0. The Morgan fingerprint density at radius 1 is 1.42 bits per heavy atom. The molecule has 0 N–H and O–H groups in total. The molecule has 0 saturated heterocycles. The van der Waals surface area contributed by atoms with Gasteiger partial charge in [0.15, 0.2) is 0 Å². The number of nitrogens with zero attached hydrogens (tertiary/aromatic N) is 1. The second kappa shape index (κ2) is 6.68. The lowest BCUT2D eigenvalue weighted by Gasteiger charge is -2.13. The highest BCUT2D eigenvalue weighted by Crippen LogP contribution is 2.20. The van der Waals surface area contributed by atoms with Gasteiger partial charge in [0.2, 0.25) is 10.0 Å². The Hall–Kier alpha value is -1.40. The standard InChI is InChI=1S/C13H18FNO3S/c1-4-11(9-14)10-18-12-6-5-7-13(8-12)19(16,17)15(2)3/h5-9H,4,10H2,1-3H3/b11-9-. The van der Waals surface area contributed by atoms with Gasteiger partial charge >= 0.3 is 0 Å². The van der Waals surface area contributed by atoms with Crippen LogP contribution in [0.25, 0.3) is 0 Å². The van der Waals surface area contributed by atoms with E-state index in [-0.39, 0.29) is 11.5 Å². The highest BCUT2D eigenvalue weighted by molar-refractivity contribution is 7.89. The van der Waals surface area contributed by atoms with Crippen molar-refractivity contribution in [3.8, 4) is 5.75 Å². The summed E-state index contributed by atoms with van der Waals surface area (Å²) in [6, 6.07) is 6.16. The molecule has 0 aliphatic heterocycles. The number of benzene rings is 1. The summed E-state index contributed by atoms with van der Waals surface area (Å²) in [5.74, 6) is 0.399. The summed E-state index contributed by atoms with van der Waals surface area (Å²) in [5.41, 5.74) is 0.515. The van der Waals surface area contributed by atoms with E-state index in [1.807, 2.05) is 6.92 Å². The van der Waals surface area contributed by atoms with Gasteiger partial charge in [0.25, 0.3) is 0 Å². The van der Waals surface area contributed by atoms with Gasteiger partial charge < -0.3 is 4.74 Å². The van der Waals surface area contributed by atoms with E-state index in [9.17, 15) is 12.8 Å². The third-order valence-electron chi connectivity index (χ3n) is 2.62. The first kappa shape index (κ1) is 15.7. The molecule has 0 amide bonds. The van der Waals surface area contributed by atoms with Crippen molar-refractivity contribution in [1.82, 2.24) is 4.31 Å². The van der Waals surface area contributed by atoms with E-state index in [1.165, 1.54) is 26.2 Å². The number of rotatable bonds is 6. The minimum absolute atomic E-state index is 0.110. The minimum atomic E-state index is -3.48. The van der Waals surface area contributed by atoms with E-state index in [0.29, 0.717) is 24.1 Å². The molecule has 0 aliphatic carbocycles. The van der Waals surface area contributed by atoms with E-state index in [1.54, 1.807) is 12.1 Å². The molecular formula is C13H18FNO3S. The van der Waals surface area contributed by atoms with Crippen LogP contribution in [-0.2, 0) is 10.0 Å². The Morgan fingerprint density at radius 2 is 2.11 bits per heavy atom. The van der Waals surface area contributed by atoms with Gasteiger partial charge in [-0.1, -0.05) is 13.0 Å². The molecule has 0 aromatic heterocycles. The van der Waals surface area contributed by atoms with Crippen molar-refractivity contribution in [2.75, 3.05) is 20.7 Å². The van der Waals surface area contributed by atoms with Crippen LogP contribution in [0.2, 0.25) is 0 Å². The van der Waals surface area contributed by atoms with Crippen molar-refractivity contribution in [3.63, 3.8) is 0 Å². The van der Waals surface area contributed by atoms with Crippen LogP contribution in [0.1, 0.15) is 13.3 Å². The minimum Gasteiger partial charge on any atom is -0.489 e. The van der Waals surface area contributed by atoms with Crippen molar-refractivity contribution in [2.45, 2.75) is 18.2 Å². The third kappa shape index (κ3) is 4.04. The molecule has 0 heterocycles. The fourth-order valence-corrected chi connectivity index (χ4v) is 2.26. The quantitative estimate of drug-likeness (QED) is 0.808. The van der Waals surface area contributed by atoms with Gasteiger partial charge in [-0.2, -0.15) is 0 Å². The smallest absolute Gasteiger partial charge is 0.242 e. The van der Waals surface area contributed by atoms with Gasteiger partial charge in [0, 0.05) is 20.2 Å². The average molecular weight is 287 g/mol. The molecular weight excluding hydrogens is 269 g/mol. The summed E-state index contributed by atoms with van der Waals surface area (Å²) in [6.45, 7) is 1.93. The monoisotopic (exact) mass is 287 g/mol. The van der Waals surface area contributed by atoms with Gasteiger partial charge in [0.1, 0.15) is 12.4 Å². The molecule has 106 valence electrons. The maximum Gasteiger partial charge on any atom is 0.242 e. The van der Waals surface area contributed by atoms with E-state index in [0.717, 1.165) is 4.31 Å². The normalized spacial score (nSPS) is 12.8. The third-order valence-corrected chi connectivity index (χ3v) is 4.43. The first-order valence-corrected chi connectivity index (χ1v) is 7.29. The molecule has 4 nitrogen and oxygen atoms in total. The Kier molecular flexibility index (Phi) is 5.50. The Labute approximate surface area is 113 Å².